The number of aromatic nitrogens is 3. The third-order valence-corrected chi connectivity index (χ3v) is 4.22. The zero-order chi connectivity index (χ0) is 19.6. The second-order valence-electron chi connectivity index (χ2n) is 4.56. The molecule has 0 aliphatic heterocycles. The molecule has 0 fully saturated rings. The van der Waals surface area contributed by atoms with Crippen LogP contribution in [0.3, 0.4) is 0 Å². The molecule has 0 saturated carbocycles. The van der Waals surface area contributed by atoms with E-state index in [1.807, 2.05) is 0 Å². The number of esters is 1. The van der Waals surface area contributed by atoms with Crippen molar-refractivity contribution in [2.45, 2.75) is 13.1 Å². The number of rotatable bonds is 5. The summed E-state index contributed by atoms with van der Waals surface area (Å²) in [5.41, 5.74) is -1.26. The molecule has 2 heterocycles. The van der Waals surface area contributed by atoms with Crippen molar-refractivity contribution >= 4 is 45.4 Å². The van der Waals surface area contributed by atoms with Gasteiger partial charge in [0.05, 0.1) is 11.5 Å². The van der Waals surface area contributed by atoms with E-state index in [0.29, 0.717) is 0 Å². The SMILES string of the molecule is CCOC(=O)c1nc(C(F)(F)F)sc1N(C)c1nc(Cl)ncc1[N+](=O)[O-]. The van der Waals surface area contributed by atoms with E-state index in [9.17, 15) is 28.1 Å². The highest BCUT2D eigenvalue weighted by molar-refractivity contribution is 7.16. The summed E-state index contributed by atoms with van der Waals surface area (Å²) in [4.78, 5) is 33.6. The fourth-order valence-electron chi connectivity index (χ4n) is 1.81. The van der Waals surface area contributed by atoms with Crippen LogP contribution in [0.25, 0.3) is 0 Å². The zero-order valence-corrected chi connectivity index (χ0v) is 14.6. The number of carbonyl (C=O) groups excluding carboxylic acids is 1. The molecule has 2 aromatic heterocycles. The predicted octanol–water partition coefficient (Wildman–Crippen LogP) is 3.46. The molecule has 9 nitrogen and oxygen atoms in total. The van der Waals surface area contributed by atoms with Crippen LogP contribution in [0.5, 0.6) is 0 Å². The molecule has 0 aliphatic rings. The van der Waals surface area contributed by atoms with Crippen LogP contribution in [0.1, 0.15) is 22.4 Å². The molecule has 14 heteroatoms. The number of nitrogens with zero attached hydrogens (tertiary/aromatic N) is 5. The first kappa shape index (κ1) is 19.8. The van der Waals surface area contributed by atoms with Gasteiger partial charge in [0.25, 0.3) is 0 Å². The Hall–Kier alpha value is -2.54. The van der Waals surface area contributed by atoms with Crippen LogP contribution in [-0.2, 0) is 10.9 Å². The van der Waals surface area contributed by atoms with E-state index in [2.05, 4.69) is 15.0 Å². The number of alkyl halides is 3. The lowest BCUT2D eigenvalue weighted by molar-refractivity contribution is -0.384. The summed E-state index contributed by atoms with van der Waals surface area (Å²) in [5, 5.41) is 9.11. The maximum atomic E-state index is 13.0. The molecule has 2 aromatic rings. The Labute approximate surface area is 152 Å². The number of hydrogen-bond donors (Lipinski definition) is 0. The lowest BCUT2D eigenvalue weighted by Gasteiger charge is -2.16. The highest BCUT2D eigenvalue weighted by Crippen LogP contribution is 2.41. The number of halogens is 4. The number of carbonyl (C=O) groups is 1. The molecule has 0 amide bonds. The third-order valence-electron chi connectivity index (χ3n) is 2.86. The monoisotopic (exact) mass is 411 g/mol. The van der Waals surface area contributed by atoms with Crippen LogP contribution >= 0.6 is 22.9 Å². The number of nitro groups is 1. The second kappa shape index (κ2) is 7.37. The Morgan fingerprint density at radius 2 is 2.12 bits per heavy atom. The van der Waals surface area contributed by atoms with Crippen LogP contribution in [-0.4, -0.2) is 39.5 Å². The topological polar surface area (TPSA) is 111 Å². The lowest BCUT2D eigenvalue weighted by Crippen LogP contribution is -2.17. The number of anilines is 2. The average Bonchev–Trinajstić information content (AvgIpc) is 2.99. The van der Waals surface area contributed by atoms with E-state index >= 15 is 0 Å². The number of thiazole rings is 1. The molecule has 2 rings (SSSR count). The Bertz CT molecular complexity index is 860. The standard InChI is InChI=1S/C12H9ClF3N5O4S/c1-3-25-9(22)6-8(26-10(18-6)12(14,15)16)20(2)7-5(21(23)24)4-17-11(13)19-7/h4H,3H2,1-2H3. The molecule has 0 N–H and O–H groups in total. The summed E-state index contributed by atoms with van der Waals surface area (Å²) in [6.45, 7) is 1.37. The second-order valence-corrected chi connectivity index (χ2v) is 5.87. The van der Waals surface area contributed by atoms with Gasteiger partial charge in [-0.2, -0.15) is 18.2 Å². The van der Waals surface area contributed by atoms with E-state index in [1.165, 1.54) is 14.0 Å². The maximum absolute atomic E-state index is 13.0. The molecule has 0 atom stereocenters. The van der Waals surface area contributed by atoms with Crippen molar-refractivity contribution < 1.29 is 27.6 Å². The van der Waals surface area contributed by atoms with Crippen molar-refractivity contribution in [3.63, 3.8) is 0 Å². The summed E-state index contributed by atoms with van der Waals surface area (Å²) >= 11 is 5.74. The Balaban J connectivity index is 2.63. The smallest absolute Gasteiger partial charge is 0.443 e. The van der Waals surface area contributed by atoms with Gasteiger partial charge in [-0.15, -0.1) is 0 Å². The van der Waals surface area contributed by atoms with Gasteiger partial charge in [-0.25, -0.2) is 14.8 Å². The molecule has 0 spiro atoms. The molecule has 140 valence electrons. The van der Waals surface area contributed by atoms with Crippen molar-refractivity contribution in [3.8, 4) is 0 Å². The molecular formula is C12H9ClF3N5O4S. The molecule has 0 bridgehead atoms. The Morgan fingerprint density at radius 1 is 1.46 bits per heavy atom. The highest BCUT2D eigenvalue weighted by atomic mass is 35.5. The normalized spacial score (nSPS) is 11.3. The average molecular weight is 412 g/mol. The van der Waals surface area contributed by atoms with Crippen LogP contribution < -0.4 is 4.90 Å². The number of hydrogen-bond acceptors (Lipinski definition) is 9. The summed E-state index contributed by atoms with van der Waals surface area (Å²) in [6, 6.07) is 0. The maximum Gasteiger partial charge on any atom is 0.443 e. The third kappa shape index (κ3) is 3.99. The minimum atomic E-state index is -4.82. The lowest BCUT2D eigenvalue weighted by atomic mass is 10.4. The van der Waals surface area contributed by atoms with E-state index in [0.717, 1.165) is 11.1 Å². The van der Waals surface area contributed by atoms with Crippen LogP contribution in [0, 0.1) is 10.1 Å². The quantitative estimate of drug-likeness (QED) is 0.318. The van der Waals surface area contributed by atoms with Crippen molar-refractivity contribution in [2.24, 2.45) is 0 Å². The van der Waals surface area contributed by atoms with Gasteiger partial charge in [-0.05, 0) is 18.5 Å². The molecule has 0 aliphatic carbocycles. The largest absolute Gasteiger partial charge is 0.461 e. The summed E-state index contributed by atoms with van der Waals surface area (Å²) < 4.78 is 43.7. The molecule has 26 heavy (non-hydrogen) atoms. The van der Waals surface area contributed by atoms with Gasteiger partial charge in [0.1, 0.15) is 11.2 Å². The van der Waals surface area contributed by atoms with Gasteiger partial charge in [-0.1, -0.05) is 11.3 Å². The van der Waals surface area contributed by atoms with Crippen molar-refractivity contribution in [3.05, 3.63) is 32.3 Å². The van der Waals surface area contributed by atoms with Crippen LogP contribution in [0.2, 0.25) is 5.28 Å². The minimum absolute atomic E-state index is 0.0969. The van der Waals surface area contributed by atoms with Crippen LogP contribution in [0.4, 0.5) is 29.7 Å². The van der Waals surface area contributed by atoms with Gasteiger partial charge in [0.15, 0.2) is 5.69 Å². The summed E-state index contributed by atoms with van der Waals surface area (Å²) in [7, 11) is 1.18. The minimum Gasteiger partial charge on any atom is -0.461 e. The molecule has 0 unspecified atom stereocenters. The molecular weight excluding hydrogens is 403 g/mol. The predicted molar refractivity (Wildman–Crippen MR) is 84.8 cm³/mol. The Morgan fingerprint density at radius 3 is 2.65 bits per heavy atom. The Kier molecular flexibility index (Phi) is 5.61. The first-order valence-corrected chi connectivity index (χ1v) is 7.91. The first-order chi connectivity index (χ1) is 12.1. The van der Waals surface area contributed by atoms with Crippen molar-refractivity contribution in [1.82, 2.24) is 15.0 Å². The zero-order valence-electron chi connectivity index (χ0n) is 13.1. The summed E-state index contributed by atoms with van der Waals surface area (Å²) in [5.74, 6) is -1.51. The van der Waals surface area contributed by atoms with Crippen molar-refractivity contribution in [1.29, 1.82) is 0 Å². The molecule has 0 aromatic carbocycles. The number of ether oxygens (including phenoxy) is 1. The highest BCUT2D eigenvalue weighted by Gasteiger charge is 2.39. The van der Waals surface area contributed by atoms with Crippen LogP contribution in [0.15, 0.2) is 6.20 Å². The van der Waals surface area contributed by atoms with E-state index in [-0.39, 0.29) is 28.2 Å². The van der Waals surface area contributed by atoms with Gasteiger partial charge in [0, 0.05) is 7.05 Å². The van der Waals surface area contributed by atoms with Gasteiger partial charge in [-0.3, -0.25) is 10.1 Å². The van der Waals surface area contributed by atoms with E-state index in [4.69, 9.17) is 16.3 Å². The van der Waals surface area contributed by atoms with Gasteiger partial charge < -0.3 is 9.64 Å². The fourth-order valence-corrected chi connectivity index (χ4v) is 2.82. The molecule has 0 radical (unpaired) electrons. The summed E-state index contributed by atoms with van der Waals surface area (Å²) in [6.07, 6.45) is -4.02. The first-order valence-electron chi connectivity index (χ1n) is 6.72. The fraction of sp³-hybridized carbons (Fsp3) is 0.333. The van der Waals surface area contributed by atoms with E-state index < -0.39 is 39.3 Å². The van der Waals surface area contributed by atoms with Gasteiger partial charge in [0.2, 0.25) is 16.1 Å². The van der Waals surface area contributed by atoms with Gasteiger partial charge >= 0.3 is 17.8 Å². The van der Waals surface area contributed by atoms with Crippen molar-refractivity contribution in [2.75, 3.05) is 18.6 Å². The molecule has 0 saturated heterocycles. The van der Waals surface area contributed by atoms with E-state index in [1.54, 1.807) is 0 Å².